The minimum atomic E-state index is 0. The van der Waals surface area contributed by atoms with Crippen molar-refractivity contribution in [1.29, 1.82) is 0 Å². The summed E-state index contributed by atoms with van der Waals surface area (Å²) in [6.07, 6.45) is 3.77. The van der Waals surface area contributed by atoms with Crippen molar-refractivity contribution in [3.05, 3.63) is 24.3 Å². The van der Waals surface area contributed by atoms with Gasteiger partial charge in [-0.05, 0) is 52.3 Å². The zero-order valence-electron chi connectivity index (χ0n) is 17.6. The Morgan fingerprint density at radius 2 is 2.07 bits per heavy atom. The van der Waals surface area contributed by atoms with Crippen LogP contribution in [0.25, 0.3) is 0 Å². The molecule has 1 heterocycles. The average molecular weight is 501 g/mol. The third-order valence-corrected chi connectivity index (χ3v) is 5.63. The molecule has 1 aliphatic heterocycles. The van der Waals surface area contributed by atoms with Gasteiger partial charge in [0.1, 0.15) is 5.75 Å². The molecule has 2 atom stereocenters. The van der Waals surface area contributed by atoms with Crippen LogP contribution in [0, 0.1) is 0 Å². The van der Waals surface area contributed by atoms with E-state index in [1.807, 2.05) is 12.1 Å². The topological polar surface area (TPSA) is 52.1 Å². The zero-order valence-corrected chi connectivity index (χ0v) is 20.0. The fraction of sp³-hybridized carbons (Fsp3) is 0.667. The second-order valence-corrected chi connectivity index (χ2v) is 7.71. The van der Waals surface area contributed by atoms with Crippen LogP contribution in [0.3, 0.4) is 0 Å². The number of nitrogens with one attached hydrogen (secondary N) is 2. The van der Waals surface area contributed by atoms with Gasteiger partial charge in [-0.2, -0.15) is 0 Å². The smallest absolute Gasteiger partial charge is 0.191 e. The summed E-state index contributed by atoms with van der Waals surface area (Å²) in [6.45, 7) is 8.07. The van der Waals surface area contributed by atoms with E-state index < -0.39 is 0 Å². The molecule has 0 aromatic heterocycles. The van der Waals surface area contributed by atoms with Gasteiger partial charge in [0.05, 0.1) is 19.3 Å². The number of guanidine groups is 1. The average Bonchev–Trinajstić information content (AvgIpc) is 3.44. The lowest BCUT2D eigenvalue weighted by Crippen LogP contribution is -2.45. The highest BCUT2D eigenvalue weighted by molar-refractivity contribution is 14.0. The zero-order chi connectivity index (χ0) is 19.2. The van der Waals surface area contributed by atoms with Crippen molar-refractivity contribution in [3.63, 3.8) is 0 Å². The Bertz CT molecular complexity index is 637. The first-order chi connectivity index (χ1) is 13.1. The number of nitrogens with zero attached hydrogens (tertiary/aromatic N) is 3. The third kappa shape index (κ3) is 6.14. The van der Waals surface area contributed by atoms with Crippen LogP contribution < -0.4 is 20.3 Å². The van der Waals surface area contributed by atoms with Gasteiger partial charge in [-0.15, -0.1) is 24.0 Å². The van der Waals surface area contributed by atoms with E-state index in [0.29, 0.717) is 12.1 Å². The number of halogens is 1. The van der Waals surface area contributed by atoms with E-state index in [9.17, 15) is 0 Å². The summed E-state index contributed by atoms with van der Waals surface area (Å²) in [5, 5.41) is 7.03. The van der Waals surface area contributed by atoms with E-state index in [1.54, 1.807) is 7.11 Å². The molecule has 28 heavy (non-hydrogen) atoms. The highest BCUT2D eigenvalue weighted by Gasteiger charge is 2.29. The molecule has 2 unspecified atom stereocenters. The number of hydrogen-bond donors (Lipinski definition) is 2. The molecule has 7 heteroatoms. The maximum atomic E-state index is 5.52. The summed E-state index contributed by atoms with van der Waals surface area (Å²) in [5.74, 6) is 1.87. The summed E-state index contributed by atoms with van der Waals surface area (Å²) in [5.41, 5.74) is 1.17. The summed E-state index contributed by atoms with van der Waals surface area (Å²) < 4.78 is 5.52. The van der Waals surface area contributed by atoms with Gasteiger partial charge >= 0.3 is 0 Å². The van der Waals surface area contributed by atoms with Gasteiger partial charge in [0.2, 0.25) is 0 Å². The van der Waals surface area contributed by atoms with E-state index in [-0.39, 0.29) is 24.0 Å². The van der Waals surface area contributed by atoms with Crippen LogP contribution in [0.15, 0.2) is 29.3 Å². The van der Waals surface area contributed by atoms with Gasteiger partial charge in [-0.3, -0.25) is 9.89 Å². The first-order valence-electron chi connectivity index (χ1n) is 10.3. The summed E-state index contributed by atoms with van der Waals surface area (Å²) in [7, 11) is 3.96. The van der Waals surface area contributed by atoms with E-state index in [1.165, 1.54) is 18.5 Å². The van der Waals surface area contributed by atoms with Crippen molar-refractivity contribution in [2.75, 3.05) is 45.2 Å². The molecule has 1 saturated heterocycles. The van der Waals surface area contributed by atoms with Crippen LogP contribution in [0.1, 0.15) is 33.1 Å². The quantitative estimate of drug-likeness (QED) is 0.326. The van der Waals surface area contributed by atoms with Crippen molar-refractivity contribution >= 4 is 35.6 Å². The molecule has 1 saturated carbocycles. The second kappa shape index (κ2) is 11.1. The van der Waals surface area contributed by atoms with Crippen molar-refractivity contribution in [3.8, 4) is 5.75 Å². The molecule has 0 radical (unpaired) electrons. The molecule has 1 aromatic carbocycles. The van der Waals surface area contributed by atoms with Gasteiger partial charge < -0.3 is 20.3 Å². The number of para-hydroxylation sites is 2. The van der Waals surface area contributed by atoms with Gasteiger partial charge in [-0.1, -0.05) is 12.1 Å². The largest absolute Gasteiger partial charge is 0.495 e. The van der Waals surface area contributed by atoms with Crippen molar-refractivity contribution < 1.29 is 4.74 Å². The third-order valence-electron chi connectivity index (χ3n) is 5.63. The Balaban J connectivity index is 0.00000280. The maximum absolute atomic E-state index is 5.52. The minimum absolute atomic E-state index is 0. The number of benzene rings is 1. The highest BCUT2D eigenvalue weighted by Crippen LogP contribution is 2.30. The Hall–Kier alpha value is -1.22. The van der Waals surface area contributed by atoms with Crippen LogP contribution in [0.2, 0.25) is 0 Å². The predicted octanol–water partition coefficient (Wildman–Crippen LogP) is 2.93. The van der Waals surface area contributed by atoms with Crippen molar-refractivity contribution in [2.24, 2.45) is 4.99 Å². The molecule has 0 spiro atoms. The standard InChI is InChI=1S/C21H35N5O.HI/c1-5-22-21(23-14-16(2)25(3)18-10-11-18)24-17-12-13-26(15-17)19-8-6-7-9-20(19)27-4;/h6-9,16-18H,5,10-15H2,1-4H3,(H2,22,23,24);1H. The van der Waals surface area contributed by atoms with Crippen LogP contribution in [0.5, 0.6) is 5.75 Å². The lowest BCUT2D eigenvalue weighted by atomic mass is 10.2. The molecule has 158 valence electrons. The number of rotatable bonds is 8. The fourth-order valence-corrected chi connectivity index (χ4v) is 3.70. The van der Waals surface area contributed by atoms with E-state index in [4.69, 9.17) is 9.73 Å². The first kappa shape index (κ1) is 23.1. The molecule has 1 aromatic rings. The number of likely N-dealkylation sites (N-methyl/N-ethyl adjacent to an activating group) is 1. The Labute approximate surface area is 187 Å². The summed E-state index contributed by atoms with van der Waals surface area (Å²) in [6, 6.07) is 9.89. The number of aliphatic imine (C=N–C) groups is 1. The molecule has 0 bridgehead atoms. The highest BCUT2D eigenvalue weighted by atomic mass is 127. The lowest BCUT2D eigenvalue weighted by Gasteiger charge is -2.24. The second-order valence-electron chi connectivity index (χ2n) is 7.71. The SMILES string of the molecule is CCNC(=NCC(C)N(C)C1CC1)NC1CCN(c2ccccc2OC)C1.I. The normalized spacial score (nSPS) is 20.7. The van der Waals surface area contributed by atoms with E-state index >= 15 is 0 Å². The lowest BCUT2D eigenvalue weighted by molar-refractivity contribution is 0.253. The van der Waals surface area contributed by atoms with Crippen molar-refractivity contribution in [2.45, 2.75) is 51.2 Å². The molecule has 2 fully saturated rings. The van der Waals surface area contributed by atoms with E-state index in [2.05, 4.69) is 53.5 Å². The first-order valence-corrected chi connectivity index (χ1v) is 10.3. The Kier molecular flexibility index (Phi) is 9.14. The molecule has 0 amide bonds. The van der Waals surface area contributed by atoms with Crippen molar-refractivity contribution in [1.82, 2.24) is 15.5 Å². The predicted molar refractivity (Wildman–Crippen MR) is 128 cm³/mol. The molecule has 6 nitrogen and oxygen atoms in total. The fourth-order valence-electron chi connectivity index (χ4n) is 3.70. The summed E-state index contributed by atoms with van der Waals surface area (Å²) in [4.78, 5) is 9.71. The number of ether oxygens (including phenoxy) is 1. The molecular formula is C21H36IN5O. The van der Waals surface area contributed by atoms with Crippen LogP contribution in [0.4, 0.5) is 5.69 Å². The molecule has 2 N–H and O–H groups in total. The maximum Gasteiger partial charge on any atom is 0.191 e. The van der Waals surface area contributed by atoms with Gasteiger partial charge in [0, 0.05) is 37.8 Å². The van der Waals surface area contributed by atoms with Gasteiger partial charge in [-0.25, -0.2) is 0 Å². The van der Waals surface area contributed by atoms with Crippen LogP contribution >= 0.6 is 24.0 Å². The molecular weight excluding hydrogens is 465 g/mol. The number of methoxy groups -OCH3 is 1. The van der Waals surface area contributed by atoms with E-state index in [0.717, 1.165) is 50.4 Å². The molecule has 1 aliphatic carbocycles. The van der Waals surface area contributed by atoms with Gasteiger partial charge in [0.15, 0.2) is 5.96 Å². The number of hydrogen-bond acceptors (Lipinski definition) is 4. The minimum Gasteiger partial charge on any atom is -0.495 e. The Morgan fingerprint density at radius 3 is 2.75 bits per heavy atom. The molecule has 2 aliphatic rings. The number of anilines is 1. The molecule has 3 rings (SSSR count). The Morgan fingerprint density at radius 1 is 1.32 bits per heavy atom. The van der Waals surface area contributed by atoms with Crippen LogP contribution in [-0.2, 0) is 0 Å². The van der Waals surface area contributed by atoms with Crippen LogP contribution in [-0.4, -0.2) is 69.3 Å². The summed E-state index contributed by atoms with van der Waals surface area (Å²) >= 11 is 0. The monoisotopic (exact) mass is 501 g/mol. The van der Waals surface area contributed by atoms with Gasteiger partial charge in [0.25, 0.3) is 0 Å².